The molecule has 0 bridgehead atoms. The van der Waals surface area contributed by atoms with Gasteiger partial charge >= 0.3 is 0 Å². The molecule has 0 radical (unpaired) electrons. The molecular formula is C16H17N3O2. The van der Waals surface area contributed by atoms with E-state index in [4.69, 9.17) is 5.73 Å². The number of aryl methyl sites for hydroxylation is 1. The topological polar surface area (TPSA) is 81.2 Å². The van der Waals surface area contributed by atoms with Gasteiger partial charge in [0.2, 0.25) is 0 Å². The molecule has 5 nitrogen and oxygen atoms in total. The van der Waals surface area contributed by atoms with Gasteiger partial charge in [-0.1, -0.05) is 12.1 Å². The molecule has 0 amide bonds. The Hall–Kier alpha value is -2.56. The van der Waals surface area contributed by atoms with Gasteiger partial charge in [0.15, 0.2) is 0 Å². The standard InChI is InChI=1S/C16H17N3O2/c17-14-10-12(8-9-16(14)19(20)21)18-15-7-3-5-11-4-1-2-6-13(11)15/h3,5,7-10,18H,1-2,4,6,17H2. The summed E-state index contributed by atoms with van der Waals surface area (Å²) in [5.74, 6) is 0. The number of hydrogen-bond acceptors (Lipinski definition) is 4. The first-order valence-electron chi connectivity index (χ1n) is 7.07. The van der Waals surface area contributed by atoms with E-state index < -0.39 is 4.92 Å². The van der Waals surface area contributed by atoms with Crippen LogP contribution in [0.3, 0.4) is 0 Å². The summed E-state index contributed by atoms with van der Waals surface area (Å²) in [7, 11) is 0. The van der Waals surface area contributed by atoms with Gasteiger partial charge in [-0.15, -0.1) is 0 Å². The second-order valence-corrected chi connectivity index (χ2v) is 5.31. The summed E-state index contributed by atoms with van der Waals surface area (Å²) in [6, 6.07) is 11.0. The molecule has 1 aliphatic carbocycles. The Kier molecular flexibility index (Phi) is 3.48. The van der Waals surface area contributed by atoms with Gasteiger partial charge in [-0.05, 0) is 55.0 Å². The second-order valence-electron chi connectivity index (χ2n) is 5.31. The van der Waals surface area contributed by atoms with Crippen molar-refractivity contribution < 1.29 is 4.92 Å². The van der Waals surface area contributed by atoms with Crippen molar-refractivity contribution in [2.24, 2.45) is 0 Å². The molecule has 21 heavy (non-hydrogen) atoms. The Balaban J connectivity index is 1.91. The Morgan fingerprint density at radius 1 is 1.14 bits per heavy atom. The molecule has 3 N–H and O–H groups in total. The van der Waals surface area contributed by atoms with Crippen LogP contribution in [0.1, 0.15) is 24.0 Å². The lowest BCUT2D eigenvalue weighted by molar-refractivity contribution is -0.383. The largest absolute Gasteiger partial charge is 0.393 e. The average Bonchev–Trinajstić information content (AvgIpc) is 2.47. The van der Waals surface area contributed by atoms with E-state index in [1.165, 1.54) is 30.0 Å². The van der Waals surface area contributed by atoms with Crippen LogP contribution >= 0.6 is 0 Å². The third-order valence-corrected chi connectivity index (χ3v) is 3.90. The van der Waals surface area contributed by atoms with Crippen molar-refractivity contribution in [1.82, 2.24) is 0 Å². The number of nitro groups is 1. The zero-order valence-corrected chi connectivity index (χ0v) is 11.6. The van der Waals surface area contributed by atoms with E-state index in [-0.39, 0.29) is 11.4 Å². The lowest BCUT2D eigenvalue weighted by atomic mass is 9.90. The lowest BCUT2D eigenvalue weighted by Gasteiger charge is -2.20. The second kappa shape index (κ2) is 5.44. The predicted octanol–water partition coefficient (Wildman–Crippen LogP) is 3.80. The molecule has 3 rings (SSSR count). The fourth-order valence-electron chi connectivity index (χ4n) is 2.85. The van der Waals surface area contributed by atoms with Crippen LogP contribution < -0.4 is 11.1 Å². The van der Waals surface area contributed by atoms with Crippen molar-refractivity contribution in [1.29, 1.82) is 0 Å². The first-order chi connectivity index (χ1) is 10.1. The Morgan fingerprint density at radius 2 is 1.95 bits per heavy atom. The molecule has 2 aromatic carbocycles. The van der Waals surface area contributed by atoms with Crippen molar-refractivity contribution in [2.45, 2.75) is 25.7 Å². The average molecular weight is 283 g/mol. The molecular weight excluding hydrogens is 266 g/mol. The summed E-state index contributed by atoms with van der Waals surface area (Å²) in [6.07, 6.45) is 4.63. The number of anilines is 3. The summed E-state index contributed by atoms with van der Waals surface area (Å²) >= 11 is 0. The highest BCUT2D eigenvalue weighted by Gasteiger charge is 2.14. The van der Waals surface area contributed by atoms with E-state index in [0.29, 0.717) is 0 Å². The molecule has 2 aromatic rings. The molecule has 5 heteroatoms. The highest BCUT2D eigenvalue weighted by molar-refractivity contribution is 5.71. The molecule has 0 aliphatic heterocycles. The van der Waals surface area contributed by atoms with Crippen LogP contribution in [-0.4, -0.2) is 4.92 Å². The van der Waals surface area contributed by atoms with Crippen LogP contribution in [0.5, 0.6) is 0 Å². The summed E-state index contributed by atoms with van der Waals surface area (Å²) in [6.45, 7) is 0. The zero-order chi connectivity index (χ0) is 14.8. The Bertz CT molecular complexity index is 698. The van der Waals surface area contributed by atoms with E-state index in [1.54, 1.807) is 12.1 Å². The third kappa shape index (κ3) is 2.67. The van der Waals surface area contributed by atoms with Crippen molar-refractivity contribution in [3.05, 3.63) is 57.6 Å². The maximum absolute atomic E-state index is 10.8. The van der Waals surface area contributed by atoms with Crippen LogP contribution in [0.15, 0.2) is 36.4 Å². The molecule has 0 aromatic heterocycles. The maximum Gasteiger partial charge on any atom is 0.292 e. The lowest BCUT2D eigenvalue weighted by Crippen LogP contribution is -2.06. The Morgan fingerprint density at radius 3 is 2.71 bits per heavy atom. The van der Waals surface area contributed by atoms with Crippen molar-refractivity contribution in [3.63, 3.8) is 0 Å². The van der Waals surface area contributed by atoms with E-state index in [1.807, 2.05) is 12.1 Å². The summed E-state index contributed by atoms with van der Waals surface area (Å²) in [5, 5.41) is 14.1. The molecule has 108 valence electrons. The fourth-order valence-corrected chi connectivity index (χ4v) is 2.85. The van der Waals surface area contributed by atoms with E-state index >= 15 is 0 Å². The van der Waals surface area contributed by atoms with Crippen LogP contribution in [0.25, 0.3) is 0 Å². The van der Waals surface area contributed by atoms with Crippen LogP contribution in [0.4, 0.5) is 22.7 Å². The first-order valence-corrected chi connectivity index (χ1v) is 7.07. The number of nitro benzene ring substituents is 1. The number of benzene rings is 2. The zero-order valence-electron chi connectivity index (χ0n) is 11.6. The van der Waals surface area contributed by atoms with E-state index in [9.17, 15) is 10.1 Å². The minimum Gasteiger partial charge on any atom is -0.393 e. The molecule has 0 unspecified atom stereocenters. The van der Waals surface area contributed by atoms with Gasteiger partial charge in [-0.25, -0.2) is 0 Å². The van der Waals surface area contributed by atoms with Gasteiger partial charge in [0.05, 0.1) is 4.92 Å². The third-order valence-electron chi connectivity index (χ3n) is 3.90. The van der Waals surface area contributed by atoms with E-state index in [2.05, 4.69) is 11.4 Å². The minimum absolute atomic E-state index is 0.0596. The molecule has 0 spiro atoms. The molecule has 0 saturated carbocycles. The van der Waals surface area contributed by atoms with Crippen LogP contribution in [0.2, 0.25) is 0 Å². The summed E-state index contributed by atoms with van der Waals surface area (Å²) in [4.78, 5) is 10.3. The minimum atomic E-state index is -0.469. The van der Waals surface area contributed by atoms with Crippen molar-refractivity contribution >= 4 is 22.7 Å². The number of hydrogen-bond donors (Lipinski definition) is 2. The molecule has 1 aliphatic rings. The van der Waals surface area contributed by atoms with Crippen molar-refractivity contribution in [2.75, 3.05) is 11.1 Å². The van der Waals surface area contributed by atoms with Gasteiger partial charge < -0.3 is 11.1 Å². The van der Waals surface area contributed by atoms with Gasteiger partial charge in [-0.2, -0.15) is 0 Å². The fraction of sp³-hybridized carbons (Fsp3) is 0.250. The number of rotatable bonds is 3. The summed E-state index contributed by atoms with van der Waals surface area (Å²) in [5.41, 5.74) is 10.4. The summed E-state index contributed by atoms with van der Waals surface area (Å²) < 4.78 is 0. The number of nitrogens with zero attached hydrogens (tertiary/aromatic N) is 1. The number of nitrogens with one attached hydrogen (secondary N) is 1. The van der Waals surface area contributed by atoms with E-state index in [0.717, 1.165) is 24.2 Å². The molecule has 0 heterocycles. The number of nitrogen functional groups attached to an aromatic ring is 1. The van der Waals surface area contributed by atoms with Gasteiger partial charge in [0, 0.05) is 17.4 Å². The SMILES string of the molecule is Nc1cc(Nc2cccc3c2CCCC3)ccc1[N+](=O)[O-]. The molecule has 0 saturated heterocycles. The van der Waals surface area contributed by atoms with Gasteiger partial charge in [0.25, 0.3) is 5.69 Å². The van der Waals surface area contributed by atoms with Crippen LogP contribution in [0, 0.1) is 10.1 Å². The highest BCUT2D eigenvalue weighted by atomic mass is 16.6. The predicted molar refractivity (Wildman–Crippen MR) is 83.9 cm³/mol. The monoisotopic (exact) mass is 283 g/mol. The first kappa shape index (κ1) is 13.4. The Labute approximate surface area is 122 Å². The normalized spacial score (nSPS) is 13.5. The van der Waals surface area contributed by atoms with Gasteiger partial charge in [0.1, 0.15) is 5.69 Å². The number of fused-ring (bicyclic) bond motifs is 1. The smallest absolute Gasteiger partial charge is 0.292 e. The molecule has 0 atom stereocenters. The molecule has 0 fully saturated rings. The van der Waals surface area contributed by atoms with Crippen molar-refractivity contribution in [3.8, 4) is 0 Å². The highest BCUT2D eigenvalue weighted by Crippen LogP contribution is 2.32. The van der Waals surface area contributed by atoms with Gasteiger partial charge in [-0.3, -0.25) is 10.1 Å². The van der Waals surface area contributed by atoms with Crippen LogP contribution in [-0.2, 0) is 12.8 Å². The quantitative estimate of drug-likeness (QED) is 0.510. The maximum atomic E-state index is 10.8. The number of nitrogens with two attached hydrogens (primary N) is 1.